The van der Waals surface area contributed by atoms with Crippen LogP contribution >= 0.6 is 0 Å². The average molecular weight is 335 g/mol. The molecular formula is C25H34. The fraction of sp³-hybridized carbons (Fsp3) is 0.440. The zero-order valence-electron chi connectivity index (χ0n) is 16.9. The van der Waals surface area contributed by atoms with Crippen molar-refractivity contribution in [2.45, 2.75) is 72.6 Å². The second kappa shape index (κ2) is 9.04. The molecule has 0 saturated heterocycles. The molecule has 0 amide bonds. The van der Waals surface area contributed by atoms with E-state index < -0.39 is 0 Å². The molecular weight excluding hydrogens is 300 g/mol. The van der Waals surface area contributed by atoms with E-state index in [1.54, 1.807) is 0 Å². The lowest BCUT2D eigenvalue weighted by Gasteiger charge is -2.22. The summed E-state index contributed by atoms with van der Waals surface area (Å²) < 4.78 is 0. The molecule has 0 aliphatic heterocycles. The molecule has 134 valence electrons. The lowest BCUT2D eigenvalue weighted by atomic mass is 9.83. The fourth-order valence-electron chi connectivity index (χ4n) is 3.61. The summed E-state index contributed by atoms with van der Waals surface area (Å²) >= 11 is 0. The number of allylic oxidation sites excluding steroid dienone is 2. The van der Waals surface area contributed by atoms with Gasteiger partial charge in [-0.25, -0.2) is 0 Å². The first kappa shape index (κ1) is 19.5. The Bertz CT molecular complexity index is 721. The van der Waals surface area contributed by atoms with Crippen LogP contribution in [0.2, 0.25) is 0 Å². The van der Waals surface area contributed by atoms with Crippen molar-refractivity contribution in [3.8, 4) is 0 Å². The normalized spacial score (nSPS) is 14.4. The average Bonchev–Trinajstić information content (AvgIpc) is 2.64. The van der Waals surface area contributed by atoms with E-state index in [9.17, 15) is 0 Å². The van der Waals surface area contributed by atoms with E-state index >= 15 is 0 Å². The largest absolute Gasteiger partial charge is 0.0810 e. The first-order chi connectivity index (χ1) is 12.0. The maximum atomic E-state index is 2.42. The topological polar surface area (TPSA) is 0 Å². The van der Waals surface area contributed by atoms with E-state index in [0.29, 0.717) is 11.8 Å². The van der Waals surface area contributed by atoms with Gasteiger partial charge in [0.2, 0.25) is 0 Å². The fourth-order valence-corrected chi connectivity index (χ4v) is 3.61. The molecule has 0 spiro atoms. The lowest BCUT2D eigenvalue weighted by molar-refractivity contribution is 0.730. The monoisotopic (exact) mass is 334 g/mol. The predicted octanol–water partition coefficient (Wildman–Crippen LogP) is 7.86. The minimum Gasteiger partial charge on any atom is -0.0810 e. The molecule has 2 atom stereocenters. The van der Waals surface area contributed by atoms with Gasteiger partial charge in [-0.15, -0.1) is 0 Å². The highest BCUT2D eigenvalue weighted by molar-refractivity contribution is 5.69. The zero-order valence-corrected chi connectivity index (χ0v) is 16.9. The molecule has 0 bridgehead atoms. The second-order valence-electron chi connectivity index (χ2n) is 7.41. The molecule has 0 N–H and O–H groups in total. The van der Waals surface area contributed by atoms with Crippen LogP contribution in [0.25, 0.3) is 5.57 Å². The van der Waals surface area contributed by atoms with Gasteiger partial charge in [0.1, 0.15) is 0 Å². The predicted molar refractivity (Wildman–Crippen MR) is 112 cm³/mol. The van der Waals surface area contributed by atoms with Crippen molar-refractivity contribution in [2.24, 2.45) is 0 Å². The van der Waals surface area contributed by atoms with Crippen molar-refractivity contribution in [1.82, 2.24) is 0 Å². The Morgan fingerprint density at radius 2 is 1.68 bits per heavy atom. The molecule has 0 aliphatic rings. The summed E-state index contributed by atoms with van der Waals surface area (Å²) in [4.78, 5) is 0. The van der Waals surface area contributed by atoms with Crippen LogP contribution in [0.5, 0.6) is 0 Å². The Labute approximate surface area is 155 Å². The third-order valence-electron chi connectivity index (χ3n) is 5.51. The molecule has 0 radical (unpaired) electrons. The van der Waals surface area contributed by atoms with E-state index in [1.807, 2.05) is 0 Å². The maximum Gasteiger partial charge on any atom is 0.00697 e. The molecule has 2 rings (SSSR count). The number of unbranched alkanes of at least 4 members (excludes halogenated alkanes) is 1. The van der Waals surface area contributed by atoms with Crippen molar-refractivity contribution in [3.63, 3.8) is 0 Å². The summed E-state index contributed by atoms with van der Waals surface area (Å²) in [7, 11) is 0. The van der Waals surface area contributed by atoms with E-state index in [1.165, 1.54) is 46.2 Å². The van der Waals surface area contributed by atoms with Gasteiger partial charge in [-0.05, 0) is 66.0 Å². The molecule has 2 aromatic rings. The van der Waals surface area contributed by atoms with E-state index in [0.717, 1.165) is 6.42 Å². The van der Waals surface area contributed by atoms with Gasteiger partial charge in [0.05, 0.1) is 0 Å². The molecule has 2 unspecified atom stereocenters. The molecule has 0 heterocycles. The van der Waals surface area contributed by atoms with Crippen molar-refractivity contribution in [2.75, 3.05) is 0 Å². The summed E-state index contributed by atoms with van der Waals surface area (Å²) in [5.74, 6) is 1.03. The number of aryl methyl sites for hydroxylation is 1. The number of benzene rings is 2. The smallest absolute Gasteiger partial charge is 0.00697 e. The summed E-state index contributed by atoms with van der Waals surface area (Å²) in [5, 5.41) is 0. The van der Waals surface area contributed by atoms with Crippen LogP contribution in [-0.4, -0.2) is 0 Å². The van der Waals surface area contributed by atoms with E-state index in [-0.39, 0.29) is 0 Å². The first-order valence-electron chi connectivity index (χ1n) is 9.86. The van der Waals surface area contributed by atoms with Crippen LogP contribution in [0.4, 0.5) is 0 Å². The van der Waals surface area contributed by atoms with Crippen molar-refractivity contribution in [3.05, 3.63) is 76.4 Å². The van der Waals surface area contributed by atoms with Gasteiger partial charge in [0, 0.05) is 5.92 Å². The van der Waals surface area contributed by atoms with Gasteiger partial charge in [-0.3, -0.25) is 0 Å². The number of rotatable bonds is 7. The lowest BCUT2D eigenvalue weighted by Crippen LogP contribution is -2.04. The van der Waals surface area contributed by atoms with Crippen LogP contribution in [-0.2, 0) is 0 Å². The van der Waals surface area contributed by atoms with Crippen LogP contribution in [0.1, 0.15) is 93.5 Å². The summed E-state index contributed by atoms with van der Waals surface area (Å²) in [6.45, 7) is 13.7. The number of hydrogen-bond donors (Lipinski definition) is 0. The Morgan fingerprint density at radius 1 is 1.00 bits per heavy atom. The molecule has 2 aromatic carbocycles. The van der Waals surface area contributed by atoms with Crippen LogP contribution in [0.3, 0.4) is 0 Å². The van der Waals surface area contributed by atoms with Crippen LogP contribution in [0, 0.1) is 6.92 Å². The minimum atomic E-state index is 0.408. The van der Waals surface area contributed by atoms with Gasteiger partial charge >= 0.3 is 0 Å². The summed E-state index contributed by atoms with van der Waals surface area (Å²) in [6.07, 6.45) is 5.93. The van der Waals surface area contributed by atoms with Gasteiger partial charge in [0.15, 0.2) is 0 Å². The highest BCUT2D eigenvalue weighted by Gasteiger charge is 2.17. The highest BCUT2D eigenvalue weighted by atomic mass is 14.2. The van der Waals surface area contributed by atoms with Crippen molar-refractivity contribution < 1.29 is 0 Å². The first-order valence-corrected chi connectivity index (χ1v) is 9.86. The molecule has 0 fully saturated rings. The van der Waals surface area contributed by atoms with Gasteiger partial charge in [0.25, 0.3) is 0 Å². The summed E-state index contributed by atoms with van der Waals surface area (Å²) in [5.41, 5.74) is 8.58. The molecule has 0 saturated carbocycles. The van der Waals surface area contributed by atoms with Gasteiger partial charge in [-0.2, -0.15) is 0 Å². The Balaban J connectivity index is 2.47. The standard InChI is InChI=1S/C25H34/c1-7-9-12-19(4)24-16-10-13-20(5)25(24)21(6)23-15-11-14-22(17-23)18(3)8-2/h10-18,21H,7-9H2,1-6H3/b19-12+. The van der Waals surface area contributed by atoms with Crippen LogP contribution in [0.15, 0.2) is 48.5 Å². The highest BCUT2D eigenvalue weighted by Crippen LogP contribution is 2.34. The third kappa shape index (κ3) is 4.63. The van der Waals surface area contributed by atoms with Crippen LogP contribution < -0.4 is 0 Å². The zero-order chi connectivity index (χ0) is 18.4. The third-order valence-corrected chi connectivity index (χ3v) is 5.51. The summed E-state index contributed by atoms with van der Waals surface area (Å²) in [6, 6.07) is 15.9. The number of hydrogen-bond acceptors (Lipinski definition) is 0. The van der Waals surface area contributed by atoms with Gasteiger partial charge < -0.3 is 0 Å². The second-order valence-corrected chi connectivity index (χ2v) is 7.41. The molecule has 25 heavy (non-hydrogen) atoms. The quantitative estimate of drug-likeness (QED) is 0.483. The van der Waals surface area contributed by atoms with Gasteiger partial charge in [-0.1, -0.05) is 82.7 Å². The Morgan fingerprint density at radius 3 is 2.36 bits per heavy atom. The SMILES string of the molecule is CCC/C=C(\C)c1cccc(C)c1C(C)c1cccc(C(C)CC)c1. The molecule has 0 aliphatic carbocycles. The van der Waals surface area contributed by atoms with Crippen molar-refractivity contribution >= 4 is 5.57 Å². The molecule has 0 heteroatoms. The van der Waals surface area contributed by atoms with Crippen molar-refractivity contribution in [1.29, 1.82) is 0 Å². The van der Waals surface area contributed by atoms with E-state index in [2.05, 4.69) is 90.1 Å². The maximum absolute atomic E-state index is 2.42. The molecule has 0 aromatic heterocycles. The minimum absolute atomic E-state index is 0.408. The Hall–Kier alpha value is -1.82. The Kier molecular flexibility index (Phi) is 7.05. The molecule has 0 nitrogen and oxygen atoms in total. The van der Waals surface area contributed by atoms with E-state index in [4.69, 9.17) is 0 Å².